The Morgan fingerprint density at radius 2 is 1.76 bits per heavy atom. The minimum Gasteiger partial charge on any atom is -0.493 e. The number of rotatable bonds is 6. The SMILES string of the molecule is Clc1cnc(N2CCC(C[C@H]3C[C@@H]3COc3ccccc3)CC2)nc1. The molecule has 1 saturated carbocycles. The lowest BCUT2D eigenvalue weighted by atomic mass is 9.91. The van der Waals surface area contributed by atoms with Gasteiger partial charge in [0.25, 0.3) is 0 Å². The molecule has 2 atom stereocenters. The molecule has 1 saturated heterocycles. The number of aromatic nitrogens is 2. The van der Waals surface area contributed by atoms with Crippen molar-refractivity contribution >= 4 is 17.5 Å². The lowest BCUT2D eigenvalue weighted by Crippen LogP contribution is -2.35. The molecule has 132 valence electrons. The second kappa shape index (κ2) is 7.61. The Morgan fingerprint density at radius 1 is 1.04 bits per heavy atom. The summed E-state index contributed by atoms with van der Waals surface area (Å²) in [5, 5.41) is 0.594. The summed E-state index contributed by atoms with van der Waals surface area (Å²) in [5.41, 5.74) is 0. The Morgan fingerprint density at radius 3 is 2.48 bits per heavy atom. The van der Waals surface area contributed by atoms with Crippen LogP contribution in [0.5, 0.6) is 5.75 Å². The van der Waals surface area contributed by atoms with Crippen molar-refractivity contribution in [2.75, 3.05) is 24.6 Å². The molecule has 5 heteroatoms. The normalized spacial score (nSPS) is 23.5. The predicted octanol–water partition coefficient (Wildman–Crippen LogP) is 4.45. The zero-order valence-electron chi connectivity index (χ0n) is 14.4. The molecule has 4 rings (SSSR count). The molecule has 0 unspecified atom stereocenters. The van der Waals surface area contributed by atoms with E-state index in [9.17, 15) is 0 Å². The Kier molecular flexibility index (Phi) is 5.07. The predicted molar refractivity (Wildman–Crippen MR) is 100 cm³/mol. The van der Waals surface area contributed by atoms with E-state index in [1.54, 1.807) is 12.4 Å². The number of hydrogen-bond acceptors (Lipinski definition) is 4. The molecule has 0 radical (unpaired) electrons. The number of benzene rings is 1. The van der Waals surface area contributed by atoms with Crippen LogP contribution in [-0.4, -0.2) is 29.7 Å². The second-order valence-corrected chi connectivity index (χ2v) is 7.68. The van der Waals surface area contributed by atoms with Crippen molar-refractivity contribution in [2.45, 2.75) is 25.7 Å². The van der Waals surface area contributed by atoms with Crippen LogP contribution in [0.2, 0.25) is 5.02 Å². The second-order valence-electron chi connectivity index (χ2n) is 7.25. The minimum atomic E-state index is 0.594. The summed E-state index contributed by atoms with van der Waals surface area (Å²) in [4.78, 5) is 10.9. The zero-order chi connectivity index (χ0) is 17.1. The molecule has 1 aromatic carbocycles. The Bertz CT molecular complexity index is 671. The number of nitrogens with zero attached hydrogens (tertiary/aromatic N) is 3. The minimum absolute atomic E-state index is 0.594. The molecule has 2 fully saturated rings. The molecule has 0 bridgehead atoms. The van der Waals surface area contributed by atoms with Gasteiger partial charge in [-0.2, -0.15) is 0 Å². The average molecular weight is 358 g/mol. The fraction of sp³-hybridized carbons (Fsp3) is 0.500. The molecule has 1 aliphatic heterocycles. The fourth-order valence-corrected chi connectivity index (χ4v) is 3.89. The Balaban J connectivity index is 1.18. The number of para-hydroxylation sites is 1. The number of hydrogen-bond donors (Lipinski definition) is 0. The summed E-state index contributed by atoms with van der Waals surface area (Å²) >= 11 is 5.86. The average Bonchev–Trinajstić information content (AvgIpc) is 3.40. The zero-order valence-corrected chi connectivity index (χ0v) is 15.1. The van der Waals surface area contributed by atoms with Crippen molar-refractivity contribution in [3.8, 4) is 5.75 Å². The molecule has 2 aliphatic rings. The van der Waals surface area contributed by atoms with Crippen molar-refractivity contribution in [1.29, 1.82) is 0 Å². The molecule has 0 N–H and O–H groups in total. The van der Waals surface area contributed by atoms with E-state index in [1.165, 1.54) is 25.7 Å². The van der Waals surface area contributed by atoms with Crippen molar-refractivity contribution in [3.05, 3.63) is 47.7 Å². The summed E-state index contributed by atoms with van der Waals surface area (Å²) < 4.78 is 5.90. The van der Waals surface area contributed by atoms with E-state index >= 15 is 0 Å². The van der Waals surface area contributed by atoms with Gasteiger partial charge in [0.2, 0.25) is 5.95 Å². The molecule has 2 heterocycles. The van der Waals surface area contributed by atoms with Crippen LogP contribution < -0.4 is 9.64 Å². The molecule has 4 nitrogen and oxygen atoms in total. The molecular formula is C20H24ClN3O. The van der Waals surface area contributed by atoms with Crippen LogP contribution in [0.15, 0.2) is 42.7 Å². The highest BCUT2D eigenvalue weighted by atomic mass is 35.5. The first kappa shape index (κ1) is 16.6. The van der Waals surface area contributed by atoms with Gasteiger partial charge in [-0.1, -0.05) is 29.8 Å². The van der Waals surface area contributed by atoms with E-state index < -0.39 is 0 Å². The van der Waals surface area contributed by atoms with E-state index in [0.717, 1.165) is 49.1 Å². The van der Waals surface area contributed by atoms with Crippen molar-refractivity contribution in [3.63, 3.8) is 0 Å². The van der Waals surface area contributed by atoms with E-state index in [1.807, 2.05) is 30.3 Å². The van der Waals surface area contributed by atoms with Gasteiger partial charge in [-0.05, 0) is 55.6 Å². The van der Waals surface area contributed by atoms with Gasteiger partial charge in [-0.3, -0.25) is 0 Å². The lowest BCUT2D eigenvalue weighted by Gasteiger charge is -2.32. The molecule has 0 spiro atoms. The molecular weight excluding hydrogens is 334 g/mol. The maximum Gasteiger partial charge on any atom is 0.225 e. The van der Waals surface area contributed by atoms with Crippen LogP contribution in [-0.2, 0) is 0 Å². The maximum absolute atomic E-state index is 5.90. The quantitative estimate of drug-likeness (QED) is 0.765. The van der Waals surface area contributed by atoms with Gasteiger partial charge in [-0.15, -0.1) is 0 Å². The summed E-state index contributed by atoms with van der Waals surface area (Å²) in [5.74, 6) is 4.23. The Hall–Kier alpha value is -1.81. The third-order valence-electron chi connectivity index (χ3n) is 5.42. The van der Waals surface area contributed by atoms with Crippen LogP contribution in [0, 0.1) is 17.8 Å². The number of anilines is 1. The summed E-state index contributed by atoms with van der Waals surface area (Å²) in [6, 6.07) is 10.1. The monoisotopic (exact) mass is 357 g/mol. The van der Waals surface area contributed by atoms with Crippen molar-refractivity contribution < 1.29 is 4.74 Å². The smallest absolute Gasteiger partial charge is 0.225 e. The van der Waals surface area contributed by atoms with Crippen molar-refractivity contribution in [2.24, 2.45) is 17.8 Å². The highest BCUT2D eigenvalue weighted by Gasteiger charge is 2.39. The topological polar surface area (TPSA) is 38.2 Å². The van der Waals surface area contributed by atoms with Crippen LogP contribution in [0.25, 0.3) is 0 Å². The summed E-state index contributed by atoms with van der Waals surface area (Å²) in [6.07, 6.45) is 8.49. The fourth-order valence-electron chi connectivity index (χ4n) is 3.79. The van der Waals surface area contributed by atoms with Gasteiger partial charge in [-0.25, -0.2) is 9.97 Å². The van der Waals surface area contributed by atoms with Crippen molar-refractivity contribution in [1.82, 2.24) is 9.97 Å². The van der Waals surface area contributed by atoms with E-state index in [4.69, 9.17) is 16.3 Å². The third-order valence-corrected chi connectivity index (χ3v) is 5.61. The lowest BCUT2D eigenvalue weighted by molar-refractivity contribution is 0.279. The highest BCUT2D eigenvalue weighted by Crippen LogP contribution is 2.45. The van der Waals surface area contributed by atoms with E-state index in [2.05, 4.69) is 14.9 Å². The molecule has 1 aliphatic carbocycles. The molecule has 25 heavy (non-hydrogen) atoms. The van der Waals surface area contributed by atoms with Gasteiger partial charge in [0.05, 0.1) is 24.0 Å². The summed E-state index contributed by atoms with van der Waals surface area (Å²) in [6.45, 7) is 2.96. The van der Waals surface area contributed by atoms with E-state index in [-0.39, 0.29) is 0 Å². The number of ether oxygens (including phenoxy) is 1. The Labute approximate surface area is 154 Å². The maximum atomic E-state index is 5.90. The van der Waals surface area contributed by atoms with Crippen LogP contribution in [0.1, 0.15) is 25.7 Å². The molecule has 1 aromatic heterocycles. The van der Waals surface area contributed by atoms with E-state index in [0.29, 0.717) is 5.02 Å². The van der Waals surface area contributed by atoms with Gasteiger partial charge in [0.1, 0.15) is 5.75 Å². The van der Waals surface area contributed by atoms with Crippen LogP contribution >= 0.6 is 11.6 Å². The third kappa shape index (κ3) is 4.43. The number of piperidine rings is 1. The summed E-state index contributed by atoms with van der Waals surface area (Å²) in [7, 11) is 0. The van der Waals surface area contributed by atoms with Gasteiger partial charge < -0.3 is 9.64 Å². The largest absolute Gasteiger partial charge is 0.493 e. The first-order chi connectivity index (χ1) is 12.3. The van der Waals surface area contributed by atoms with Gasteiger partial charge >= 0.3 is 0 Å². The first-order valence-corrected chi connectivity index (χ1v) is 9.56. The van der Waals surface area contributed by atoms with Crippen LogP contribution in [0.3, 0.4) is 0 Å². The first-order valence-electron chi connectivity index (χ1n) is 9.18. The molecule has 2 aromatic rings. The van der Waals surface area contributed by atoms with Gasteiger partial charge in [0.15, 0.2) is 0 Å². The molecule has 0 amide bonds. The van der Waals surface area contributed by atoms with Gasteiger partial charge in [0, 0.05) is 13.1 Å². The highest BCUT2D eigenvalue weighted by molar-refractivity contribution is 6.30. The standard InChI is InChI=1S/C20H24ClN3O/c21-18-12-22-20(23-13-18)24-8-6-15(7-9-24)10-16-11-17(16)14-25-19-4-2-1-3-5-19/h1-5,12-13,15-17H,6-11,14H2/t16-,17+/m0/s1. The number of halogens is 1. The van der Waals surface area contributed by atoms with Crippen LogP contribution in [0.4, 0.5) is 5.95 Å².